The smallest absolute Gasteiger partial charge is 0.389 e. The lowest BCUT2D eigenvalue weighted by molar-refractivity contribution is -0.179. The number of alkyl halides is 3. The average Bonchev–Trinajstić information content (AvgIpc) is 2.37. The second-order valence-corrected chi connectivity index (χ2v) is 5.15. The third kappa shape index (κ3) is 3.06. The normalized spacial score (nSPS) is 19.2. The van der Waals surface area contributed by atoms with Gasteiger partial charge in [0, 0.05) is 24.3 Å². The number of benzene rings is 1. The molecule has 0 unspecified atom stereocenters. The molecule has 1 aromatic rings. The van der Waals surface area contributed by atoms with Crippen LogP contribution in [0, 0.1) is 11.7 Å². The number of hydrogen-bond donors (Lipinski definition) is 1. The molecule has 1 aliphatic heterocycles. The molecule has 1 atom stereocenters. The Morgan fingerprint density at radius 1 is 1.25 bits per heavy atom. The van der Waals surface area contributed by atoms with Gasteiger partial charge in [0.1, 0.15) is 5.82 Å². The number of aliphatic hydroxyl groups is 1. The lowest BCUT2D eigenvalue weighted by Crippen LogP contribution is -2.39. The maximum absolute atomic E-state index is 13.8. The predicted molar refractivity (Wildman–Crippen MR) is 68.0 cm³/mol. The molecule has 0 amide bonds. The van der Waals surface area contributed by atoms with Crippen molar-refractivity contribution in [3.63, 3.8) is 0 Å². The van der Waals surface area contributed by atoms with Crippen LogP contribution in [-0.4, -0.2) is 24.4 Å². The van der Waals surface area contributed by atoms with Gasteiger partial charge in [-0.3, -0.25) is 0 Å². The molecule has 1 saturated heterocycles. The zero-order chi connectivity index (χ0) is 14.9. The summed E-state index contributed by atoms with van der Waals surface area (Å²) >= 11 is 0. The van der Waals surface area contributed by atoms with E-state index in [0.717, 1.165) is 0 Å². The zero-order valence-corrected chi connectivity index (χ0v) is 11.1. The highest BCUT2D eigenvalue weighted by Crippen LogP contribution is 2.37. The van der Waals surface area contributed by atoms with Crippen molar-refractivity contribution in [1.82, 2.24) is 0 Å². The fourth-order valence-electron chi connectivity index (χ4n) is 2.66. The van der Waals surface area contributed by atoms with Crippen LogP contribution in [0.4, 0.5) is 23.2 Å². The molecule has 0 saturated carbocycles. The molecule has 1 aliphatic rings. The highest BCUT2D eigenvalue weighted by Gasteiger charge is 2.41. The van der Waals surface area contributed by atoms with Crippen LogP contribution in [0.15, 0.2) is 18.2 Å². The van der Waals surface area contributed by atoms with Crippen molar-refractivity contribution in [2.24, 2.45) is 5.92 Å². The lowest BCUT2D eigenvalue weighted by Gasteiger charge is -2.35. The van der Waals surface area contributed by atoms with Crippen LogP contribution >= 0.6 is 0 Å². The van der Waals surface area contributed by atoms with Gasteiger partial charge in [0.05, 0.1) is 12.0 Å². The lowest BCUT2D eigenvalue weighted by atomic mass is 9.95. The van der Waals surface area contributed by atoms with Crippen molar-refractivity contribution in [3.8, 4) is 0 Å². The molecule has 6 heteroatoms. The number of hydrogen-bond acceptors (Lipinski definition) is 2. The second kappa shape index (κ2) is 5.60. The highest BCUT2D eigenvalue weighted by atomic mass is 19.4. The summed E-state index contributed by atoms with van der Waals surface area (Å²) in [6, 6.07) is 4.39. The first kappa shape index (κ1) is 15.1. The quantitative estimate of drug-likeness (QED) is 0.841. The van der Waals surface area contributed by atoms with Crippen LogP contribution in [0.2, 0.25) is 0 Å². The van der Waals surface area contributed by atoms with Gasteiger partial charge in [-0.15, -0.1) is 0 Å². The van der Waals surface area contributed by atoms with E-state index in [-0.39, 0.29) is 31.5 Å². The topological polar surface area (TPSA) is 23.5 Å². The number of halogens is 4. The van der Waals surface area contributed by atoms with Crippen LogP contribution in [0.25, 0.3) is 0 Å². The first-order valence-corrected chi connectivity index (χ1v) is 6.59. The number of piperidine rings is 1. The molecule has 1 N–H and O–H groups in total. The minimum Gasteiger partial charge on any atom is -0.389 e. The predicted octanol–water partition coefficient (Wildman–Crippen LogP) is 3.66. The highest BCUT2D eigenvalue weighted by molar-refractivity contribution is 5.55. The number of anilines is 1. The number of rotatable bonds is 2. The molecule has 0 bridgehead atoms. The average molecular weight is 291 g/mol. The van der Waals surface area contributed by atoms with E-state index in [1.165, 1.54) is 19.1 Å². The minimum absolute atomic E-state index is 0.000731. The van der Waals surface area contributed by atoms with Crippen LogP contribution < -0.4 is 4.90 Å². The van der Waals surface area contributed by atoms with E-state index in [4.69, 9.17) is 0 Å². The zero-order valence-electron chi connectivity index (χ0n) is 11.1. The van der Waals surface area contributed by atoms with Crippen LogP contribution in [0.3, 0.4) is 0 Å². The van der Waals surface area contributed by atoms with Crippen molar-refractivity contribution in [3.05, 3.63) is 29.6 Å². The molecule has 2 rings (SSSR count). The van der Waals surface area contributed by atoms with Gasteiger partial charge in [0.25, 0.3) is 0 Å². The van der Waals surface area contributed by atoms with Crippen LogP contribution in [-0.2, 0) is 0 Å². The summed E-state index contributed by atoms with van der Waals surface area (Å²) in [6.07, 6.45) is -5.16. The fourth-order valence-corrected chi connectivity index (χ4v) is 2.66. The van der Waals surface area contributed by atoms with Crippen molar-refractivity contribution >= 4 is 5.69 Å². The molecule has 1 heterocycles. The van der Waals surface area contributed by atoms with E-state index in [0.29, 0.717) is 5.69 Å². The largest absolute Gasteiger partial charge is 0.391 e. The molecule has 0 spiro atoms. The molecule has 112 valence electrons. The molecular weight excluding hydrogens is 274 g/mol. The Morgan fingerprint density at radius 3 is 2.35 bits per heavy atom. The van der Waals surface area contributed by atoms with Crippen LogP contribution in [0.1, 0.15) is 31.4 Å². The van der Waals surface area contributed by atoms with Gasteiger partial charge in [0.2, 0.25) is 0 Å². The summed E-state index contributed by atoms with van der Waals surface area (Å²) in [4.78, 5) is 1.72. The Hall–Kier alpha value is -1.30. The summed E-state index contributed by atoms with van der Waals surface area (Å²) < 4.78 is 51.6. The van der Waals surface area contributed by atoms with E-state index < -0.39 is 24.0 Å². The molecule has 20 heavy (non-hydrogen) atoms. The Kier molecular flexibility index (Phi) is 4.22. The monoisotopic (exact) mass is 291 g/mol. The maximum atomic E-state index is 13.8. The standard InChI is InChI=1S/C14H17F4NO/c1-9(20)13-11(15)3-2-4-12(13)19-7-5-10(6-8-19)14(16,17)18/h2-4,9-10,20H,5-8H2,1H3/t9-/m0/s1. The van der Waals surface area contributed by atoms with Gasteiger partial charge in [-0.1, -0.05) is 6.07 Å². The van der Waals surface area contributed by atoms with E-state index >= 15 is 0 Å². The molecule has 0 radical (unpaired) electrons. The van der Waals surface area contributed by atoms with E-state index in [1.807, 2.05) is 0 Å². The van der Waals surface area contributed by atoms with Gasteiger partial charge in [0.15, 0.2) is 0 Å². The van der Waals surface area contributed by atoms with Gasteiger partial charge in [-0.25, -0.2) is 4.39 Å². The molecule has 0 aliphatic carbocycles. The Bertz CT molecular complexity index is 465. The Labute approximate surface area is 115 Å². The van der Waals surface area contributed by atoms with Crippen molar-refractivity contribution in [2.45, 2.75) is 32.0 Å². The molecule has 1 aromatic carbocycles. The van der Waals surface area contributed by atoms with E-state index in [1.54, 1.807) is 11.0 Å². The second-order valence-electron chi connectivity index (χ2n) is 5.15. The molecular formula is C14H17F4NO. The third-order valence-corrected chi connectivity index (χ3v) is 3.75. The van der Waals surface area contributed by atoms with Gasteiger partial charge in [-0.05, 0) is 31.9 Å². The van der Waals surface area contributed by atoms with Crippen molar-refractivity contribution in [1.29, 1.82) is 0 Å². The molecule has 2 nitrogen and oxygen atoms in total. The van der Waals surface area contributed by atoms with Gasteiger partial charge >= 0.3 is 6.18 Å². The first-order valence-electron chi connectivity index (χ1n) is 6.59. The van der Waals surface area contributed by atoms with Gasteiger partial charge in [-0.2, -0.15) is 13.2 Å². The number of nitrogens with zero attached hydrogens (tertiary/aromatic N) is 1. The summed E-state index contributed by atoms with van der Waals surface area (Å²) in [6.45, 7) is 1.88. The van der Waals surface area contributed by atoms with E-state index in [9.17, 15) is 22.7 Å². The summed E-state index contributed by atoms with van der Waals surface area (Å²) in [5.74, 6) is -1.82. The molecule has 0 aromatic heterocycles. The molecule has 1 fully saturated rings. The third-order valence-electron chi connectivity index (χ3n) is 3.75. The fraction of sp³-hybridized carbons (Fsp3) is 0.571. The number of aliphatic hydroxyl groups excluding tert-OH is 1. The van der Waals surface area contributed by atoms with Crippen LogP contribution in [0.5, 0.6) is 0 Å². The minimum atomic E-state index is -4.17. The Morgan fingerprint density at radius 2 is 1.85 bits per heavy atom. The van der Waals surface area contributed by atoms with Crippen molar-refractivity contribution < 1.29 is 22.7 Å². The SMILES string of the molecule is C[C@H](O)c1c(F)cccc1N1CCC(C(F)(F)F)CC1. The van der Waals surface area contributed by atoms with Gasteiger partial charge < -0.3 is 10.0 Å². The Balaban J connectivity index is 2.17. The summed E-state index contributed by atoms with van der Waals surface area (Å²) in [5, 5.41) is 9.65. The maximum Gasteiger partial charge on any atom is 0.391 e. The summed E-state index contributed by atoms with van der Waals surface area (Å²) in [5.41, 5.74) is 0.638. The van der Waals surface area contributed by atoms with Crippen molar-refractivity contribution in [2.75, 3.05) is 18.0 Å². The summed E-state index contributed by atoms with van der Waals surface area (Å²) in [7, 11) is 0. The first-order chi connectivity index (χ1) is 9.30. The van der Waals surface area contributed by atoms with E-state index in [2.05, 4.69) is 0 Å².